The summed E-state index contributed by atoms with van der Waals surface area (Å²) in [5, 5.41) is 5.49. The van der Waals surface area contributed by atoms with Gasteiger partial charge in [0.25, 0.3) is 0 Å². The number of rotatable bonds is 7. The van der Waals surface area contributed by atoms with Gasteiger partial charge in [0.15, 0.2) is 0 Å². The SMILES string of the molecule is CCC(CC)n1ccc(CC(CBr)c2cccc(F)c2)n1. The number of hydrogen-bond acceptors (Lipinski definition) is 1. The Kier molecular flexibility index (Phi) is 5.97. The van der Waals surface area contributed by atoms with E-state index >= 15 is 0 Å². The van der Waals surface area contributed by atoms with Crippen LogP contribution in [-0.4, -0.2) is 15.1 Å². The fraction of sp³-hybridized carbons (Fsp3) is 0.471. The van der Waals surface area contributed by atoms with Crippen molar-refractivity contribution in [3.8, 4) is 0 Å². The minimum Gasteiger partial charge on any atom is -0.269 e. The summed E-state index contributed by atoms with van der Waals surface area (Å²) in [5.74, 6) is 0.0618. The van der Waals surface area contributed by atoms with Crippen LogP contribution in [0.3, 0.4) is 0 Å². The van der Waals surface area contributed by atoms with Crippen LogP contribution in [0.1, 0.15) is 49.9 Å². The Labute approximate surface area is 134 Å². The third-order valence-electron chi connectivity index (χ3n) is 3.94. The summed E-state index contributed by atoms with van der Waals surface area (Å²) in [4.78, 5) is 0. The van der Waals surface area contributed by atoms with Gasteiger partial charge in [-0.1, -0.05) is 41.9 Å². The van der Waals surface area contributed by atoms with Gasteiger partial charge in [0, 0.05) is 11.5 Å². The molecule has 1 unspecified atom stereocenters. The van der Waals surface area contributed by atoms with Gasteiger partial charge in [-0.25, -0.2) is 4.39 Å². The Bertz CT molecular complexity index is 563. The fourth-order valence-corrected chi connectivity index (χ4v) is 3.23. The van der Waals surface area contributed by atoms with Gasteiger partial charge in [-0.3, -0.25) is 4.68 Å². The van der Waals surface area contributed by atoms with E-state index in [1.54, 1.807) is 12.1 Å². The van der Waals surface area contributed by atoms with E-state index in [-0.39, 0.29) is 11.7 Å². The van der Waals surface area contributed by atoms with Crippen molar-refractivity contribution in [3.05, 3.63) is 53.6 Å². The van der Waals surface area contributed by atoms with Gasteiger partial charge >= 0.3 is 0 Å². The lowest BCUT2D eigenvalue weighted by molar-refractivity contribution is 0.424. The normalized spacial score (nSPS) is 12.8. The Morgan fingerprint density at radius 3 is 2.62 bits per heavy atom. The molecule has 0 amide bonds. The minimum absolute atomic E-state index is 0.180. The number of benzene rings is 1. The predicted octanol–water partition coefficient (Wildman–Crippen LogP) is 5.10. The van der Waals surface area contributed by atoms with Gasteiger partial charge in [-0.15, -0.1) is 0 Å². The monoisotopic (exact) mass is 352 g/mol. The van der Waals surface area contributed by atoms with Crippen molar-refractivity contribution in [2.75, 3.05) is 5.33 Å². The van der Waals surface area contributed by atoms with Gasteiger partial charge in [0.05, 0.1) is 11.7 Å². The first kappa shape index (κ1) is 16.2. The molecule has 0 aliphatic carbocycles. The summed E-state index contributed by atoms with van der Waals surface area (Å²) in [5.41, 5.74) is 2.08. The predicted molar refractivity (Wildman–Crippen MR) is 88.5 cm³/mol. The summed E-state index contributed by atoms with van der Waals surface area (Å²) in [6.07, 6.45) is 5.05. The van der Waals surface area contributed by atoms with Crippen LogP contribution in [0.5, 0.6) is 0 Å². The molecule has 114 valence electrons. The fourth-order valence-electron chi connectivity index (χ4n) is 2.63. The van der Waals surface area contributed by atoms with Gasteiger partial charge in [-0.05, 0) is 48.9 Å². The van der Waals surface area contributed by atoms with Crippen molar-refractivity contribution in [3.63, 3.8) is 0 Å². The summed E-state index contributed by atoms with van der Waals surface area (Å²) in [6.45, 7) is 4.37. The van der Waals surface area contributed by atoms with E-state index in [4.69, 9.17) is 5.10 Å². The molecule has 1 atom stereocenters. The number of alkyl halides is 1. The van der Waals surface area contributed by atoms with Crippen LogP contribution in [0.2, 0.25) is 0 Å². The molecule has 0 saturated heterocycles. The van der Waals surface area contributed by atoms with Crippen LogP contribution < -0.4 is 0 Å². The highest BCUT2D eigenvalue weighted by Crippen LogP contribution is 2.24. The summed E-state index contributed by atoms with van der Waals surface area (Å²) in [6, 6.07) is 9.39. The molecule has 4 heteroatoms. The molecule has 2 rings (SSSR count). The topological polar surface area (TPSA) is 17.8 Å². The maximum atomic E-state index is 13.4. The van der Waals surface area contributed by atoms with Crippen LogP contribution in [0.15, 0.2) is 36.5 Å². The second-order valence-electron chi connectivity index (χ2n) is 5.37. The van der Waals surface area contributed by atoms with Gasteiger partial charge in [0.2, 0.25) is 0 Å². The molecule has 2 nitrogen and oxygen atoms in total. The third-order valence-corrected chi connectivity index (χ3v) is 4.72. The van der Waals surface area contributed by atoms with Crippen molar-refractivity contribution in [2.24, 2.45) is 0 Å². The maximum absolute atomic E-state index is 13.4. The van der Waals surface area contributed by atoms with Crippen LogP contribution >= 0.6 is 15.9 Å². The highest BCUT2D eigenvalue weighted by Gasteiger charge is 2.15. The van der Waals surface area contributed by atoms with Gasteiger partial charge < -0.3 is 0 Å². The Morgan fingerprint density at radius 1 is 1.24 bits per heavy atom. The molecule has 0 N–H and O–H groups in total. The first-order valence-electron chi connectivity index (χ1n) is 7.53. The molecular weight excluding hydrogens is 331 g/mol. The maximum Gasteiger partial charge on any atom is 0.123 e. The largest absolute Gasteiger partial charge is 0.269 e. The van der Waals surface area contributed by atoms with E-state index in [9.17, 15) is 4.39 Å². The number of halogens is 2. The molecule has 0 bridgehead atoms. The van der Waals surface area contributed by atoms with E-state index in [0.717, 1.165) is 35.8 Å². The van der Waals surface area contributed by atoms with Crippen LogP contribution in [-0.2, 0) is 6.42 Å². The molecule has 0 fully saturated rings. The smallest absolute Gasteiger partial charge is 0.123 e. The highest BCUT2D eigenvalue weighted by molar-refractivity contribution is 9.09. The van der Waals surface area contributed by atoms with E-state index in [0.29, 0.717) is 6.04 Å². The molecule has 2 aromatic rings. The van der Waals surface area contributed by atoms with E-state index in [2.05, 4.69) is 46.7 Å². The van der Waals surface area contributed by atoms with Gasteiger partial charge in [-0.2, -0.15) is 5.10 Å². The van der Waals surface area contributed by atoms with Crippen LogP contribution in [0.25, 0.3) is 0 Å². The average molecular weight is 353 g/mol. The zero-order valence-electron chi connectivity index (χ0n) is 12.6. The molecule has 1 heterocycles. The van der Waals surface area contributed by atoms with Crippen molar-refractivity contribution >= 4 is 15.9 Å². The van der Waals surface area contributed by atoms with Crippen molar-refractivity contribution in [2.45, 2.75) is 45.1 Å². The van der Waals surface area contributed by atoms with Crippen LogP contribution in [0.4, 0.5) is 4.39 Å². The van der Waals surface area contributed by atoms with Crippen molar-refractivity contribution in [1.29, 1.82) is 0 Å². The molecule has 0 saturated carbocycles. The lowest BCUT2D eigenvalue weighted by atomic mass is 9.96. The molecule has 1 aromatic heterocycles. The zero-order valence-corrected chi connectivity index (χ0v) is 14.2. The molecule has 0 aliphatic heterocycles. The lowest BCUT2D eigenvalue weighted by Crippen LogP contribution is -2.10. The minimum atomic E-state index is -0.180. The second kappa shape index (κ2) is 7.74. The van der Waals surface area contributed by atoms with Gasteiger partial charge in [0.1, 0.15) is 5.82 Å². The Morgan fingerprint density at radius 2 is 2.00 bits per heavy atom. The zero-order chi connectivity index (χ0) is 15.2. The number of hydrogen-bond donors (Lipinski definition) is 0. The van der Waals surface area contributed by atoms with E-state index in [1.165, 1.54) is 6.07 Å². The van der Waals surface area contributed by atoms with Crippen molar-refractivity contribution < 1.29 is 4.39 Å². The average Bonchev–Trinajstić information content (AvgIpc) is 2.94. The number of nitrogens with zero attached hydrogens (tertiary/aromatic N) is 2. The highest BCUT2D eigenvalue weighted by atomic mass is 79.9. The Balaban J connectivity index is 2.12. The first-order chi connectivity index (χ1) is 10.2. The first-order valence-corrected chi connectivity index (χ1v) is 8.65. The van der Waals surface area contributed by atoms with Crippen molar-refractivity contribution in [1.82, 2.24) is 9.78 Å². The van der Waals surface area contributed by atoms with Crippen LogP contribution in [0, 0.1) is 5.82 Å². The molecule has 0 aliphatic rings. The quantitative estimate of drug-likeness (QED) is 0.633. The Hall–Kier alpha value is -1.16. The molecule has 1 aromatic carbocycles. The molecule has 21 heavy (non-hydrogen) atoms. The molecule has 0 spiro atoms. The van der Waals surface area contributed by atoms with E-state index < -0.39 is 0 Å². The molecular formula is C17H22BrFN2. The molecule has 0 radical (unpaired) electrons. The standard InChI is InChI=1S/C17H22BrFN2/c1-3-17(4-2)21-9-8-16(20-21)11-14(12-18)13-6-5-7-15(19)10-13/h5-10,14,17H,3-4,11-12H2,1-2H3. The summed E-state index contributed by atoms with van der Waals surface area (Å²) in [7, 11) is 0. The number of aromatic nitrogens is 2. The summed E-state index contributed by atoms with van der Waals surface area (Å²) < 4.78 is 15.4. The van der Waals surface area contributed by atoms with E-state index in [1.807, 2.05) is 6.07 Å². The lowest BCUT2D eigenvalue weighted by Gasteiger charge is -2.14. The third kappa shape index (κ3) is 4.16. The second-order valence-corrected chi connectivity index (χ2v) is 6.02. The summed E-state index contributed by atoms with van der Waals surface area (Å²) >= 11 is 3.54.